The Balaban J connectivity index is 1.88. The fraction of sp³-hybridized carbons (Fsp3) is 0.182. The zero-order chi connectivity index (χ0) is 22.3. The van der Waals surface area contributed by atoms with Crippen molar-refractivity contribution in [2.45, 2.75) is 20.1 Å². The minimum absolute atomic E-state index is 0.0665. The van der Waals surface area contributed by atoms with Crippen LogP contribution in [-0.4, -0.2) is 35.5 Å². The molecule has 0 aliphatic carbocycles. The maximum atomic E-state index is 13.5. The standard InChI is InChI=1S/C22H20FN3O4S/c1-14(2)31(28,29)25(3)22(27)20-11-21(18-6-4-5-15-12-30-13-19(15)18)26(24-20)17-9-7-16(23)8-10-17/h4-11H,1,12-13H2,2-3H3. The Morgan fingerprint density at radius 1 is 1.19 bits per heavy atom. The Labute approximate surface area is 179 Å². The van der Waals surface area contributed by atoms with Gasteiger partial charge in [0.25, 0.3) is 15.9 Å². The molecule has 0 radical (unpaired) electrons. The molecule has 3 aromatic rings. The third-order valence-electron chi connectivity index (χ3n) is 5.14. The first kappa shape index (κ1) is 21.0. The Morgan fingerprint density at radius 2 is 1.90 bits per heavy atom. The number of allylic oxidation sites excluding steroid dienone is 1. The van der Waals surface area contributed by atoms with Crippen molar-refractivity contribution in [2.24, 2.45) is 0 Å². The van der Waals surface area contributed by atoms with Crippen LogP contribution in [0.2, 0.25) is 0 Å². The number of ether oxygens (including phenoxy) is 1. The molecule has 7 nitrogen and oxygen atoms in total. The monoisotopic (exact) mass is 441 g/mol. The summed E-state index contributed by atoms with van der Waals surface area (Å²) >= 11 is 0. The molecule has 1 aromatic heterocycles. The molecule has 160 valence electrons. The van der Waals surface area contributed by atoms with Crippen molar-refractivity contribution < 1.29 is 22.3 Å². The maximum absolute atomic E-state index is 13.5. The molecule has 0 saturated heterocycles. The van der Waals surface area contributed by atoms with Gasteiger partial charge >= 0.3 is 0 Å². The van der Waals surface area contributed by atoms with Crippen LogP contribution in [-0.2, 0) is 28.0 Å². The first-order valence-electron chi connectivity index (χ1n) is 9.44. The van der Waals surface area contributed by atoms with Gasteiger partial charge in [0.05, 0.1) is 29.5 Å². The lowest BCUT2D eigenvalue weighted by Crippen LogP contribution is -2.33. The second-order valence-corrected chi connectivity index (χ2v) is 9.41. The van der Waals surface area contributed by atoms with Crippen molar-refractivity contribution in [2.75, 3.05) is 7.05 Å². The topological polar surface area (TPSA) is 81.5 Å². The van der Waals surface area contributed by atoms with Gasteiger partial charge in [0, 0.05) is 12.6 Å². The number of carbonyl (C=O) groups is 1. The lowest BCUT2D eigenvalue weighted by atomic mass is 10.0. The fourth-order valence-corrected chi connectivity index (χ4v) is 4.18. The van der Waals surface area contributed by atoms with Crippen LogP contribution in [0, 0.1) is 5.82 Å². The summed E-state index contributed by atoms with van der Waals surface area (Å²) in [5.74, 6) is -1.20. The molecule has 31 heavy (non-hydrogen) atoms. The van der Waals surface area contributed by atoms with Crippen LogP contribution < -0.4 is 0 Å². The van der Waals surface area contributed by atoms with Gasteiger partial charge in [-0.2, -0.15) is 5.10 Å². The summed E-state index contributed by atoms with van der Waals surface area (Å²) in [5.41, 5.74) is 3.82. The van der Waals surface area contributed by atoms with Crippen molar-refractivity contribution >= 4 is 15.9 Å². The van der Waals surface area contributed by atoms with E-state index in [4.69, 9.17) is 4.74 Å². The number of hydrogen-bond donors (Lipinski definition) is 0. The minimum Gasteiger partial charge on any atom is -0.372 e. The number of halogens is 1. The normalized spacial score (nSPS) is 13.1. The van der Waals surface area contributed by atoms with Crippen molar-refractivity contribution in [3.05, 3.63) is 82.7 Å². The van der Waals surface area contributed by atoms with Gasteiger partial charge < -0.3 is 4.74 Å². The zero-order valence-corrected chi connectivity index (χ0v) is 17.8. The lowest BCUT2D eigenvalue weighted by Gasteiger charge is -2.15. The van der Waals surface area contributed by atoms with E-state index in [1.165, 1.54) is 41.9 Å². The van der Waals surface area contributed by atoms with Crippen LogP contribution in [0.5, 0.6) is 0 Å². The van der Waals surface area contributed by atoms with Gasteiger partial charge in [-0.1, -0.05) is 24.8 Å². The van der Waals surface area contributed by atoms with E-state index in [0.717, 1.165) is 23.7 Å². The number of amides is 1. The third kappa shape index (κ3) is 3.66. The molecule has 1 amide bonds. The van der Waals surface area contributed by atoms with Gasteiger partial charge in [-0.3, -0.25) is 4.79 Å². The van der Waals surface area contributed by atoms with E-state index in [1.54, 1.807) is 0 Å². The van der Waals surface area contributed by atoms with E-state index in [-0.39, 0.29) is 10.6 Å². The van der Waals surface area contributed by atoms with Gasteiger partial charge in [-0.05, 0) is 48.4 Å². The van der Waals surface area contributed by atoms with E-state index in [1.807, 2.05) is 18.2 Å². The molecule has 2 heterocycles. The van der Waals surface area contributed by atoms with Gasteiger partial charge in [0.1, 0.15) is 5.82 Å². The summed E-state index contributed by atoms with van der Waals surface area (Å²) < 4.78 is 45.9. The Bertz CT molecular complexity index is 1300. The van der Waals surface area contributed by atoms with Crippen LogP contribution in [0.1, 0.15) is 28.5 Å². The van der Waals surface area contributed by atoms with Gasteiger partial charge in [0.15, 0.2) is 5.69 Å². The number of benzene rings is 2. The quantitative estimate of drug-likeness (QED) is 0.604. The summed E-state index contributed by atoms with van der Waals surface area (Å²) in [5, 5.41) is 4.37. The van der Waals surface area contributed by atoms with Gasteiger partial charge in [0.2, 0.25) is 0 Å². The molecule has 0 spiro atoms. The molecule has 1 aliphatic heterocycles. The highest BCUT2D eigenvalue weighted by atomic mass is 32.2. The van der Waals surface area contributed by atoms with E-state index in [9.17, 15) is 17.6 Å². The van der Waals surface area contributed by atoms with Crippen LogP contribution in [0.25, 0.3) is 16.9 Å². The number of carbonyl (C=O) groups excluding carboxylic acids is 1. The number of rotatable bonds is 5. The number of aromatic nitrogens is 2. The van der Waals surface area contributed by atoms with E-state index < -0.39 is 21.7 Å². The zero-order valence-electron chi connectivity index (χ0n) is 17.0. The summed E-state index contributed by atoms with van der Waals surface area (Å²) in [6, 6.07) is 12.9. The first-order chi connectivity index (χ1) is 14.7. The smallest absolute Gasteiger partial charge is 0.287 e. The number of hydrogen-bond acceptors (Lipinski definition) is 5. The molecule has 0 N–H and O–H groups in total. The molecule has 2 aromatic carbocycles. The minimum atomic E-state index is -4.00. The van der Waals surface area contributed by atoms with E-state index in [2.05, 4.69) is 11.7 Å². The molecule has 0 atom stereocenters. The lowest BCUT2D eigenvalue weighted by molar-refractivity contribution is 0.0878. The molecule has 0 unspecified atom stereocenters. The van der Waals surface area contributed by atoms with Crippen molar-refractivity contribution in [1.29, 1.82) is 0 Å². The van der Waals surface area contributed by atoms with Crippen LogP contribution in [0.3, 0.4) is 0 Å². The molecule has 0 bridgehead atoms. The van der Waals surface area contributed by atoms with E-state index >= 15 is 0 Å². The molecule has 0 fully saturated rings. The Morgan fingerprint density at radius 3 is 2.58 bits per heavy atom. The van der Waals surface area contributed by atoms with Crippen molar-refractivity contribution in [3.63, 3.8) is 0 Å². The maximum Gasteiger partial charge on any atom is 0.287 e. The SMILES string of the molecule is C=C(C)S(=O)(=O)N(C)C(=O)c1cc(-c2cccc3c2COC3)n(-c2ccc(F)cc2)n1. The largest absolute Gasteiger partial charge is 0.372 e. The highest BCUT2D eigenvalue weighted by Gasteiger charge is 2.29. The predicted octanol–water partition coefficient (Wildman–Crippen LogP) is 3.64. The second-order valence-electron chi connectivity index (χ2n) is 7.22. The Kier molecular flexibility index (Phi) is 5.24. The molecule has 1 aliphatic rings. The molecule has 4 rings (SSSR count). The van der Waals surface area contributed by atoms with Crippen molar-refractivity contribution in [1.82, 2.24) is 14.1 Å². The van der Waals surface area contributed by atoms with Gasteiger partial charge in [-0.15, -0.1) is 0 Å². The number of nitrogens with zero attached hydrogens (tertiary/aromatic N) is 3. The van der Waals surface area contributed by atoms with Crippen LogP contribution in [0.15, 0.2) is 60.0 Å². The Hall–Kier alpha value is -3.30. The average molecular weight is 441 g/mol. The fourth-order valence-electron chi connectivity index (χ4n) is 3.40. The molecule has 0 saturated carbocycles. The predicted molar refractivity (Wildman–Crippen MR) is 113 cm³/mol. The highest BCUT2D eigenvalue weighted by Crippen LogP contribution is 2.33. The second kappa shape index (κ2) is 7.75. The molecular weight excluding hydrogens is 421 g/mol. The highest BCUT2D eigenvalue weighted by molar-refractivity contribution is 7.93. The average Bonchev–Trinajstić information content (AvgIpc) is 3.40. The van der Waals surface area contributed by atoms with E-state index in [0.29, 0.717) is 28.9 Å². The van der Waals surface area contributed by atoms with Crippen molar-refractivity contribution in [3.8, 4) is 16.9 Å². The van der Waals surface area contributed by atoms with Gasteiger partial charge in [-0.25, -0.2) is 21.8 Å². The summed E-state index contributed by atoms with van der Waals surface area (Å²) in [6.45, 7) is 5.64. The number of fused-ring (bicyclic) bond motifs is 1. The number of sulfonamides is 1. The molecule has 9 heteroatoms. The summed E-state index contributed by atoms with van der Waals surface area (Å²) in [4.78, 5) is 12.8. The van der Waals surface area contributed by atoms with Crippen LogP contribution >= 0.6 is 0 Å². The molecular formula is C22H20FN3O4S. The first-order valence-corrected chi connectivity index (χ1v) is 10.9. The summed E-state index contributed by atoms with van der Waals surface area (Å²) in [6.07, 6.45) is 0. The summed E-state index contributed by atoms with van der Waals surface area (Å²) in [7, 11) is -2.84. The van der Waals surface area contributed by atoms with Crippen LogP contribution in [0.4, 0.5) is 4.39 Å². The third-order valence-corrected chi connectivity index (χ3v) is 6.91.